The molecule has 35 heavy (non-hydrogen) atoms. The molecule has 4 heterocycles. The Hall–Kier alpha value is -3.11. The van der Waals surface area contributed by atoms with Gasteiger partial charge < -0.3 is 9.80 Å². The molecule has 10 heteroatoms. The molecule has 0 bridgehead atoms. The highest BCUT2D eigenvalue weighted by Gasteiger charge is 2.34. The van der Waals surface area contributed by atoms with Crippen LogP contribution in [0.4, 0.5) is 9.52 Å². The summed E-state index contributed by atoms with van der Waals surface area (Å²) in [5.41, 5.74) is 2.18. The third kappa shape index (κ3) is 4.60. The number of rotatable bonds is 6. The third-order valence-corrected chi connectivity index (χ3v) is 7.70. The number of halogens is 1. The lowest BCUT2D eigenvalue weighted by Crippen LogP contribution is -2.42. The smallest absolute Gasteiger partial charge is 0.276 e. The third-order valence-electron chi connectivity index (χ3n) is 6.74. The number of anilines is 1. The van der Waals surface area contributed by atoms with E-state index >= 15 is 0 Å². The largest absolute Gasteiger partial charge is 0.333 e. The highest BCUT2D eigenvalue weighted by Crippen LogP contribution is 2.33. The standard InChI is InChI=1S/C25H29FN6O2S/c1-15(2)32-22-21(35-25(27-22)28-23(33)17-8-9-19(26)16(3)13-17)20(29-32)24(34)31-12-6-7-18(31)14-30-10-4-5-11-30/h8-9,13,18H,1,4-7,10-12,14H2,2-3H3,(H,27,28,33)/t18-/m0/s1. The topological polar surface area (TPSA) is 83.4 Å². The van der Waals surface area contributed by atoms with E-state index in [-0.39, 0.29) is 17.8 Å². The highest BCUT2D eigenvalue weighted by molar-refractivity contribution is 7.22. The van der Waals surface area contributed by atoms with Crippen molar-refractivity contribution in [3.8, 4) is 0 Å². The fourth-order valence-corrected chi connectivity index (χ4v) is 5.83. The summed E-state index contributed by atoms with van der Waals surface area (Å²) < 4.78 is 15.8. The van der Waals surface area contributed by atoms with Crippen molar-refractivity contribution in [2.75, 3.05) is 31.5 Å². The summed E-state index contributed by atoms with van der Waals surface area (Å²) in [6, 6.07) is 4.38. The second kappa shape index (κ2) is 9.50. The summed E-state index contributed by atoms with van der Waals surface area (Å²) in [4.78, 5) is 35.3. The van der Waals surface area contributed by atoms with Gasteiger partial charge in [0.1, 0.15) is 10.5 Å². The number of fused-ring (bicyclic) bond motifs is 1. The Bertz CT molecular complexity index is 1310. The van der Waals surface area contributed by atoms with Crippen molar-refractivity contribution in [1.82, 2.24) is 24.6 Å². The SMILES string of the molecule is C=C(C)n1nc(C(=O)N2CCC[C@H]2CN2CCCC2)c2sc(NC(=O)c3ccc(F)c(C)c3)nc21. The molecule has 2 fully saturated rings. The van der Waals surface area contributed by atoms with Crippen LogP contribution in [0.2, 0.25) is 0 Å². The Morgan fingerprint density at radius 1 is 1.23 bits per heavy atom. The molecule has 0 saturated carbocycles. The highest BCUT2D eigenvalue weighted by atomic mass is 32.1. The van der Waals surface area contributed by atoms with Crippen LogP contribution in [0.3, 0.4) is 0 Å². The molecule has 2 aliphatic rings. The normalized spacial score (nSPS) is 18.5. The molecule has 2 aromatic heterocycles. The number of amides is 2. The summed E-state index contributed by atoms with van der Waals surface area (Å²) in [7, 11) is 0. The van der Waals surface area contributed by atoms with E-state index in [0.29, 0.717) is 44.5 Å². The van der Waals surface area contributed by atoms with E-state index in [1.165, 1.54) is 42.4 Å². The van der Waals surface area contributed by atoms with Gasteiger partial charge in [-0.05, 0) is 76.4 Å². The maximum Gasteiger partial charge on any atom is 0.276 e. The number of benzene rings is 1. The van der Waals surface area contributed by atoms with Crippen LogP contribution in [0.25, 0.3) is 16.0 Å². The summed E-state index contributed by atoms with van der Waals surface area (Å²) in [5.74, 6) is -0.860. The molecule has 2 aliphatic heterocycles. The minimum Gasteiger partial charge on any atom is -0.333 e. The van der Waals surface area contributed by atoms with Gasteiger partial charge in [-0.3, -0.25) is 14.9 Å². The zero-order valence-electron chi connectivity index (χ0n) is 20.0. The predicted octanol–water partition coefficient (Wildman–Crippen LogP) is 4.38. The van der Waals surface area contributed by atoms with Gasteiger partial charge in [0.2, 0.25) is 0 Å². The second-order valence-electron chi connectivity index (χ2n) is 9.39. The molecule has 5 rings (SSSR count). The van der Waals surface area contributed by atoms with E-state index in [2.05, 4.69) is 26.9 Å². The first-order chi connectivity index (χ1) is 16.8. The van der Waals surface area contributed by atoms with E-state index < -0.39 is 5.91 Å². The van der Waals surface area contributed by atoms with Gasteiger partial charge in [-0.2, -0.15) is 10.1 Å². The molecule has 1 atom stereocenters. The van der Waals surface area contributed by atoms with Crippen LogP contribution in [-0.4, -0.2) is 68.6 Å². The molecule has 0 unspecified atom stereocenters. The Balaban J connectivity index is 1.42. The van der Waals surface area contributed by atoms with E-state index in [9.17, 15) is 14.0 Å². The number of nitrogens with one attached hydrogen (secondary N) is 1. The number of hydrogen-bond acceptors (Lipinski definition) is 6. The second-order valence-corrected chi connectivity index (χ2v) is 10.4. The molecule has 2 amide bonds. The van der Waals surface area contributed by atoms with Crippen LogP contribution in [-0.2, 0) is 0 Å². The zero-order chi connectivity index (χ0) is 24.7. The van der Waals surface area contributed by atoms with E-state index in [1.54, 1.807) is 18.5 Å². The van der Waals surface area contributed by atoms with Crippen LogP contribution >= 0.6 is 11.3 Å². The maximum absolute atomic E-state index is 13.7. The number of carbonyl (C=O) groups is 2. The van der Waals surface area contributed by atoms with Crippen LogP contribution in [0, 0.1) is 12.7 Å². The van der Waals surface area contributed by atoms with Crippen molar-refractivity contribution in [3.05, 3.63) is 47.4 Å². The van der Waals surface area contributed by atoms with Crippen molar-refractivity contribution in [2.45, 2.75) is 45.6 Å². The van der Waals surface area contributed by atoms with Gasteiger partial charge in [-0.25, -0.2) is 9.07 Å². The van der Waals surface area contributed by atoms with Crippen LogP contribution in [0.15, 0.2) is 24.8 Å². The van der Waals surface area contributed by atoms with Crippen LogP contribution in [0.1, 0.15) is 59.0 Å². The first-order valence-electron chi connectivity index (χ1n) is 12.0. The average molecular weight is 497 g/mol. The number of aromatic nitrogens is 3. The lowest BCUT2D eigenvalue weighted by Gasteiger charge is -2.28. The van der Waals surface area contributed by atoms with E-state index in [1.807, 2.05) is 4.90 Å². The van der Waals surface area contributed by atoms with Crippen LogP contribution in [0.5, 0.6) is 0 Å². The Morgan fingerprint density at radius 2 is 2.00 bits per heavy atom. The Kier molecular flexibility index (Phi) is 6.41. The van der Waals surface area contributed by atoms with Gasteiger partial charge in [0.05, 0.1) is 0 Å². The van der Waals surface area contributed by atoms with Crippen LogP contribution < -0.4 is 5.32 Å². The summed E-state index contributed by atoms with van der Waals surface area (Å²) in [5, 5.41) is 7.70. The molecular formula is C25H29FN6O2S. The molecule has 0 radical (unpaired) electrons. The first-order valence-corrected chi connectivity index (χ1v) is 12.8. The molecule has 1 aromatic carbocycles. The minimum absolute atomic E-state index is 0.104. The molecule has 184 valence electrons. The number of carbonyl (C=O) groups excluding carboxylic acids is 2. The molecule has 2 saturated heterocycles. The van der Waals surface area contributed by atoms with Gasteiger partial charge in [0.15, 0.2) is 16.5 Å². The van der Waals surface area contributed by atoms with Gasteiger partial charge in [0, 0.05) is 30.4 Å². The maximum atomic E-state index is 13.7. The van der Waals surface area contributed by atoms with Crippen molar-refractivity contribution >= 4 is 44.3 Å². The van der Waals surface area contributed by atoms with Crippen molar-refractivity contribution in [1.29, 1.82) is 0 Å². The Morgan fingerprint density at radius 3 is 2.71 bits per heavy atom. The van der Waals surface area contributed by atoms with E-state index in [4.69, 9.17) is 0 Å². The lowest BCUT2D eigenvalue weighted by molar-refractivity contribution is 0.0704. The lowest BCUT2D eigenvalue weighted by atomic mass is 10.1. The number of hydrogen-bond donors (Lipinski definition) is 1. The number of aryl methyl sites for hydroxylation is 1. The van der Waals surface area contributed by atoms with E-state index in [0.717, 1.165) is 32.5 Å². The molecule has 0 spiro atoms. The number of likely N-dealkylation sites (tertiary alicyclic amines) is 2. The fourth-order valence-electron chi connectivity index (χ4n) is 4.91. The molecule has 3 aromatic rings. The first kappa shape index (κ1) is 23.6. The summed E-state index contributed by atoms with van der Waals surface area (Å²) >= 11 is 1.21. The number of thiazole rings is 1. The average Bonchev–Trinajstić information content (AvgIpc) is 3.60. The van der Waals surface area contributed by atoms with Gasteiger partial charge in [-0.15, -0.1) is 0 Å². The molecule has 8 nitrogen and oxygen atoms in total. The monoisotopic (exact) mass is 496 g/mol. The number of allylic oxidation sites excluding steroid dienone is 1. The minimum atomic E-state index is -0.391. The van der Waals surface area contributed by atoms with Crippen molar-refractivity contribution < 1.29 is 14.0 Å². The van der Waals surface area contributed by atoms with Crippen molar-refractivity contribution in [2.24, 2.45) is 0 Å². The molecule has 1 N–H and O–H groups in total. The van der Waals surface area contributed by atoms with Crippen molar-refractivity contribution in [3.63, 3.8) is 0 Å². The van der Waals surface area contributed by atoms with Gasteiger partial charge in [-0.1, -0.05) is 17.9 Å². The molecular weight excluding hydrogens is 467 g/mol. The zero-order valence-corrected chi connectivity index (χ0v) is 20.8. The van der Waals surface area contributed by atoms with Gasteiger partial charge >= 0.3 is 0 Å². The Labute approximate surface area is 207 Å². The quantitative estimate of drug-likeness (QED) is 0.548. The van der Waals surface area contributed by atoms with Gasteiger partial charge in [0.25, 0.3) is 11.8 Å². The summed E-state index contributed by atoms with van der Waals surface area (Å²) in [6.07, 6.45) is 4.41. The fraction of sp³-hybridized carbons (Fsp3) is 0.440. The molecule has 0 aliphatic carbocycles. The summed E-state index contributed by atoms with van der Waals surface area (Å²) in [6.45, 7) is 11.2. The predicted molar refractivity (Wildman–Crippen MR) is 135 cm³/mol. The number of nitrogens with zero attached hydrogens (tertiary/aromatic N) is 5.